The van der Waals surface area contributed by atoms with Crippen molar-refractivity contribution in [3.05, 3.63) is 45.3 Å². The van der Waals surface area contributed by atoms with Gasteiger partial charge in [-0.05, 0) is 51.0 Å². The molecule has 0 radical (unpaired) electrons. The number of benzene rings is 1. The molecule has 0 saturated heterocycles. The van der Waals surface area contributed by atoms with Gasteiger partial charge >= 0.3 is 5.69 Å². The quantitative estimate of drug-likeness (QED) is 0.511. The number of aromatic nitrogens is 1. The van der Waals surface area contributed by atoms with Crippen LogP contribution in [0.3, 0.4) is 0 Å². The SMILES string of the molecule is CCOc1cc(/C=C\c2onc(C)c2[N+](=O)[O-])ccc1O[C@H](C)CC. The molecule has 25 heavy (non-hydrogen) atoms. The van der Waals surface area contributed by atoms with Gasteiger partial charge in [-0.2, -0.15) is 0 Å². The van der Waals surface area contributed by atoms with Crippen LogP contribution in [-0.4, -0.2) is 22.8 Å². The van der Waals surface area contributed by atoms with E-state index in [1.165, 1.54) is 13.0 Å². The Morgan fingerprint density at radius 1 is 1.32 bits per heavy atom. The van der Waals surface area contributed by atoms with Crippen LogP contribution < -0.4 is 9.47 Å². The molecule has 1 atom stereocenters. The van der Waals surface area contributed by atoms with E-state index < -0.39 is 4.92 Å². The summed E-state index contributed by atoms with van der Waals surface area (Å²) in [5.41, 5.74) is 0.929. The Kier molecular flexibility index (Phi) is 6.16. The first-order valence-corrected chi connectivity index (χ1v) is 8.18. The summed E-state index contributed by atoms with van der Waals surface area (Å²) in [6.07, 6.45) is 4.21. The van der Waals surface area contributed by atoms with Crippen LogP contribution in [-0.2, 0) is 0 Å². The van der Waals surface area contributed by atoms with Crippen molar-refractivity contribution in [1.82, 2.24) is 5.16 Å². The predicted octanol–water partition coefficient (Wildman–Crippen LogP) is 4.64. The molecule has 2 aromatic rings. The minimum absolute atomic E-state index is 0.0837. The monoisotopic (exact) mass is 346 g/mol. The van der Waals surface area contributed by atoms with Crippen LogP contribution in [0, 0.1) is 17.0 Å². The van der Waals surface area contributed by atoms with Crippen LogP contribution in [0.25, 0.3) is 12.2 Å². The van der Waals surface area contributed by atoms with Gasteiger partial charge in [-0.3, -0.25) is 10.1 Å². The molecule has 7 nitrogen and oxygen atoms in total. The van der Waals surface area contributed by atoms with Crippen molar-refractivity contribution in [2.24, 2.45) is 0 Å². The van der Waals surface area contributed by atoms with E-state index in [0.29, 0.717) is 18.1 Å². The van der Waals surface area contributed by atoms with Gasteiger partial charge < -0.3 is 14.0 Å². The first kappa shape index (κ1) is 18.5. The van der Waals surface area contributed by atoms with Gasteiger partial charge in [0.15, 0.2) is 17.2 Å². The summed E-state index contributed by atoms with van der Waals surface area (Å²) in [4.78, 5) is 10.6. The van der Waals surface area contributed by atoms with Crippen molar-refractivity contribution in [3.63, 3.8) is 0 Å². The van der Waals surface area contributed by atoms with Crippen LogP contribution in [0.2, 0.25) is 0 Å². The average Bonchev–Trinajstić information content (AvgIpc) is 2.96. The Labute approximate surface area is 146 Å². The predicted molar refractivity (Wildman–Crippen MR) is 94.8 cm³/mol. The summed E-state index contributed by atoms with van der Waals surface area (Å²) in [7, 11) is 0. The second kappa shape index (κ2) is 8.32. The zero-order valence-corrected chi connectivity index (χ0v) is 14.8. The van der Waals surface area contributed by atoms with E-state index in [0.717, 1.165) is 12.0 Å². The van der Waals surface area contributed by atoms with Crippen LogP contribution in [0.4, 0.5) is 5.69 Å². The van der Waals surface area contributed by atoms with Crippen LogP contribution in [0.1, 0.15) is 44.2 Å². The van der Waals surface area contributed by atoms with Crippen molar-refractivity contribution < 1.29 is 18.9 Å². The average molecular weight is 346 g/mol. The Morgan fingerprint density at radius 2 is 2.08 bits per heavy atom. The van der Waals surface area contributed by atoms with Gasteiger partial charge in [0, 0.05) is 0 Å². The second-order valence-electron chi connectivity index (χ2n) is 5.55. The lowest BCUT2D eigenvalue weighted by atomic mass is 10.1. The Morgan fingerprint density at radius 3 is 2.72 bits per heavy atom. The van der Waals surface area contributed by atoms with E-state index >= 15 is 0 Å². The van der Waals surface area contributed by atoms with Gasteiger partial charge in [0.25, 0.3) is 0 Å². The fourth-order valence-electron chi connectivity index (χ4n) is 2.18. The highest BCUT2D eigenvalue weighted by molar-refractivity contribution is 5.72. The van der Waals surface area contributed by atoms with Gasteiger partial charge in [0.05, 0.1) is 17.6 Å². The molecular formula is C18H22N2O5. The van der Waals surface area contributed by atoms with Crippen LogP contribution in [0.5, 0.6) is 11.5 Å². The Hall–Kier alpha value is -2.83. The normalized spacial score (nSPS) is 12.3. The molecule has 0 fully saturated rings. The van der Waals surface area contributed by atoms with Gasteiger partial charge in [-0.1, -0.05) is 24.2 Å². The fourth-order valence-corrected chi connectivity index (χ4v) is 2.18. The molecule has 7 heteroatoms. The van der Waals surface area contributed by atoms with E-state index in [2.05, 4.69) is 12.1 Å². The molecule has 0 unspecified atom stereocenters. The summed E-state index contributed by atoms with van der Waals surface area (Å²) in [5.74, 6) is 1.42. The third kappa shape index (κ3) is 4.59. The van der Waals surface area contributed by atoms with E-state index in [1.54, 1.807) is 6.08 Å². The molecule has 0 amide bonds. The summed E-state index contributed by atoms with van der Waals surface area (Å²) in [5, 5.41) is 14.7. The number of nitrogens with zero attached hydrogens (tertiary/aromatic N) is 2. The molecule has 0 N–H and O–H groups in total. The third-order valence-corrected chi connectivity index (χ3v) is 3.64. The van der Waals surface area contributed by atoms with E-state index in [1.807, 2.05) is 32.0 Å². The van der Waals surface area contributed by atoms with Crippen molar-refractivity contribution in [1.29, 1.82) is 0 Å². The van der Waals surface area contributed by atoms with Crippen molar-refractivity contribution >= 4 is 17.8 Å². The smallest absolute Gasteiger partial charge is 0.338 e. The zero-order valence-electron chi connectivity index (χ0n) is 14.8. The molecule has 0 aliphatic heterocycles. The van der Waals surface area contributed by atoms with E-state index in [9.17, 15) is 10.1 Å². The molecular weight excluding hydrogens is 324 g/mol. The van der Waals surface area contributed by atoms with Gasteiger partial charge in [0.2, 0.25) is 5.76 Å². The standard InChI is InChI=1S/C18H22N2O5/c1-5-12(3)24-15-9-7-14(11-17(15)23-6-2)8-10-16-18(20(21)22)13(4)19-25-16/h7-12H,5-6H2,1-4H3/b10-8-/t12-/m1/s1. The van der Waals surface area contributed by atoms with Crippen molar-refractivity contribution in [2.75, 3.05) is 6.61 Å². The summed E-state index contributed by atoms with van der Waals surface area (Å²) < 4.78 is 16.5. The lowest BCUT2D eigenvalue weighted by Crippen LogP contribution is -2.10. The molecule has 1 heterocycles. The number of nitro groups is 1. The maximum atomic E-state index is 11.1. The number of hydrogen-bond acceptors (Lipinski definition) is 6. The maximum Gasteiger partial charge on any atom is 0.338 e. The highest BCUT2D eigenvalue weighted by Crippen LogP contribution is 2.31. The lowest BCUT2D eigenvalue weighted by Gasteiger charge is -2.16. The minimum atomic E-state index is -0.500. The second-order valence-corrected chi connectivity index (χ2v) is 5.55. The molecule has 1 aromatic carbocycles. The van der Waals surface area contributed by atoms with Crippen molar-refractivity contribution in [2.45, 2.75) is 40.2 Å². The summed E-state index contributed by atoms with van der Waals surface area (Å²) >= 11 is 0. The molecule has 134 valence electrons. The minimum Gasteiger partial charge on any atom is -0.490 e. The zero-order chi connectivity index (χ0) is 18.4. The number of aryl methyl sites for hydroxylation is 1. The van der Waals surface area contributed by atoms with Crippen LogP contribution in [0.15, 0.2) is 22.7 Å². The molecule has 0 spiro atoms. The fraction of sp³-hybridized carbons (Fsp3) is 0.389. The van der Waals surface area contributed by atoms with Gasteiger partial charge in [0.1, 0.15) is 0 Å². The van der Waals surface area contributed by atoms with E-state index in [-0.39, 0.29) is 23.2 Å². The molecule has 0 saturated carbocycles. The first-order chi connectivity index (χ1) is 12.0. The highest BCUT2D eigenvalue weighted by atomic mass is 16.6. The number of ether oxygens (including phenoxy) is 2. The first-order valence-electron chi connectivity index (χ1n) is 8.18. The molecule has 0 aliphatic carbocycles. The van der Waals surface area contributed by atoms with Gasteiger partial charge in [-0.25, -0.2) is 0 Å². The molecule has 0 bridgehead atoms. The lowest BCUT2D eigenvalue weighted by molar-refractivity contribution is -0.386. The summed E-state index contributed by atoms with van der Waals surface area (Å²) in [6, 6.07) is 5.51. The maximum absolute atomic E-state index is 11.1. The number of rotatable bonds is 8. The Bertz CT molecular complexity index is 767. The Balaban J connectivity index is 2.28. The topological polar surface area (TPSA) is 87.6 Å². The summed E-state index contributed by atoms with van der Waals surface area (Å²) in [6.45, 7) is 7.99. The molecule has 1 aromatic heterocycles. The number of hydrogen-bond donors (Lipinski definition) is 0. The highest BCUT2D eigenvalue weighted by Gasteiger charge is 2.21. The third-order valence-electron chi connectivity index (χ3n) is 3.64. The van der Waals surface area contributed by atoms with Gasteiger partial charge in [-0.15, -0.1) is 0 Å². The largest absolute Gasteiger partial charge is 0.490 e. The van der Waals surface area contributed by atoms with Crippen LogP contribution >= 0.6 is 0 Å². The molecule has 2 rings (SSSR count). The molecule has 0 aliphatic rings. The van der Waals surface area contributed by atoms with Crippen molar-refractivity contribution in [3.8, 4) is 11.5 Å². The van der Waals surface area contributed by atoms with E-state index in [4.69, 9.17) is 14.0 Å².